The van der Waals surface area contributed by atoms with Crippen molar-refractivity contribution in [2.24, 2.45) is 5.14 Å². The molecule has 1 aromatic heterocycles. The second-order valence-corrected chi connectivity index (χ2v) is 12.4. The summed E-state index contributed by atoms with van der Waals surface area (Å²) in [6.45, 7) is 0.452. The molecule has 0 aliphatic heterocycles. The van der Waals surface area contributed by atoms with Gasteiger partial charge in [-0.1, -0.05) is 42.5 Å². The van der Waals surface area contributed by atoms with E-state index in [1.165, 1.54) is 18.3 Å². The molecule has 2 amide bonds. The number of amides is 2. The van der Waals surface area contributed by atoms with Crippen molar-refractivity contribution >= 4 is 50.4 Å². The van der Waals surface area contributed by atoms with E-state index in [1.807, 2.05) is 35.6 Å². The number of anilines is 5. The number of hydrogen-bond donors (Lipinski definition) is 5. The maximum Gasteiger partial charge on any atom is 0.416 e. The van der Waals surface area contributed by atoms with Gasteiger partial charge in [-0.25, -0.2) is 22.8 Å². The van der Waals surface area contributed by atoms with Gasteiger partial charge >= 0.3 is 12.2 Å². The maximum absolute atomic E-state index is 15.3. The monoisotopic (exact) mass is 681 g/mol. The molecule has 1 heterocycles. The summed E-state index contributed by atoms with van der Waals surface area (Å²) in [7, 11) is -2.96. The Morgan fingerprint density at radius 2 is 1.62 bits per heavy atom. The lowest BCUT2D eigenvalue weighted by Crippen LogP contribution is -2.21. The van der Waals surface area contributed by atoms with Gasteiger partial charge in [0.25, 0.3) is 0 Å². The number of carbonyl (C=O) groups excluding carboxylic acids is 1. The minimum absolute atomic E-state index is 0.169. The first-order valence-corrected chi connectivity index (χ1v) is 16.0. The van der Waals surface area contributed by atoms with Gasteiger partial charge in [-0.15, -0.1) is 0 Å². The summed E-state index contributed by atoms with van der Waals surface area (Å²) in [5, 5.41) is 16.1. The number of hydrogen-bond acceptors (Lipinski definition) is 6. The number of nitrogens with zero attached hydrogens (tertiary/aromatic N) is 2. The van der Waals surface area contributed by atoms with Crippen molar-refractivity contribution in [2.75, 3.05) is 27.8 Å². The van der Waals surface area contributed by atoms with E-state index in [4.69, 9.17) is 5.14 Å². The van der Waals surface area contributed by atoms with E-state index in [0.717, 1.165) is 11.6 Å². The first-order chi connectivity index (χ1) is 22.8. The number of benzene rings is 4. The topological polar surface area (TPSA) is 134 Å². The van der Waals surface area contributed by atoms with Gasteiger partial charge in [0.05, 0.1) is 26.6 Å². The van der Waals surface area contributed by atoms with E-state index in [0.29, 0.717) is 58.7 Å². The SMILES string of the molecule is C=S(N)(=O)c1cccc(Nc2ncc(-c3ccc(NC(=O)Nc4cc(C(F)(F)F)ccc4F)c(F)c3)c(NCCc3ccccc3)n2)c1. The van der Waals surface area contributed by atoms with Crippen molar-refractivity contribution in [3.63, 3.8) is 0 Å². The van der Waals surface area contributed by atoms with Crippen LogP contribution in [0.25, 0.3) is 11.1 Å². The highest BCUT2D eigenvalue weighted by molar-refractivity contribution is 7.98. The van der Waals surface area contributed by atoms with Gasteiger partial charge < -0.3 is 21.3 Å². The molecule has 0 aliphatic rings. The summed E-state index contributed by atoms with van der Waals surface area (Å²) in [6.07, 6.45) is -2.66. The van der Waals surface area contributed by atoms with Crippen LogP contribution in [0.5, 0.6) is 0 Å². The van der Waals surface area contributed by atoms with E-state index in [-0.39, 0.29) is 11.6 Å². The van der Waals surface area contributed by atoms with Crippen LogP contribution in [-0.4, -0.2) is 32.6 Å². The van der Waals surface area contributed by atoms with Crippen molar-refractivity contribution < 1.29 is 31.0 Å². The van der Waals surface area contributed by atoms with E-state index in [2.05, 4.69) is 31.8 Å². The molecule has 48 heavy (non-hydrogen) atoms. The summed E-state index contributed by atoms with van der Waals surface area (Å²) in [5.41, 5.74) is 0.0961. The van der Waals surface area contributed by atoms with Crippen LogP contribution < -0.4 is 26.4 Å². The molecule has 1 unspecified atom stereocenters. The molecule has 0 spiro atoms. The van der Waals surface area contributed by atoms with Gasteiger partial charge in [-0.3, -0.25) is 5.14 Å². The average molecular weight is 682 g/mol. The molecule has 0 fully saturated rings. The third-order valence-electron chi connectivity index (χ3n) is 6.90. The number of aromatic nitrogens is 2. The van der Waals surface area contributed by atoms with Crippen LogP contribution in [-0.2, 0) is 22.3 Å². The first-order valence-electron chi connectivity index (χ1n) is 14.2. The molecule has 5 aromatic rings. The normalized spacial score (nSPS) is 12.5. The summed E-state index contributed by atoms with van der Waals surface area (Å²) >= 11 is 0. The molecule has 0 aliphatic carbocycles. The zero-order valence-corrected chi connectivity index (χ0v) is 25.8. The molecule has 6 N–H and O–H groups in total. The molecule has 15 heteroatoms. The number of carbonyl (C=O) groups is 1. The van der Waals surface area contributed by atoms with E-state index in [1.54, 1.807) is 24.3 Å². The number of nitrogens with one attached hydrogen (secondary N) is 4. The highest BCUT2D eigenvalue weighted by Crippen LogP contribution is 2.33. The number of alkyl halides is 3. The second-order valence-electron chi connectivity index (χ2n) is 10.5. The summed E-state index contributed by atoms with van der Waals surface area (Å²) in [6, 6.07) is 20.4. The Hall–Kier alpha value is -5.54. The van der Waals surface area contributed by atoms with Gasteiger partial charge in [0.1, 0.15) is 17.5 Å². The Bertz CT molecular complexity index is 2060. The Morgan fingerprint density at radius 1 is 0.875 bits per heavy atom. The van der Waals surface area contributed by atoms with Crippen molar-refractivity contribution in [2.45, 2.75) is 17.5 Å². The molecule has 248 valence electrons. The lowest BCUT2D eigenvalue weighted by atomic mass is 10.1. The average Bonchev–Trinajstić information content (AvgIpc) is 3.03. The highest BCUT2D eigenvalue weighted by atomic mass is 32.2. The Morgan fingerprint density at radius 3 is 2.33 bits per heavy atom. The molecular formula is C33H28F5N7O2S. The van der Waals surface area contributed by atoms with Crippen LogP contribution in [0.3, 0.4) is 0 Å². The van der Waals surface area contributed by atoms with Crippen LogP contribution in [0.4, 0.5) is 55.6 Å². The number of urea groups is 1. The van der Waals surface area contributed by atoms with Crippen molar-refractivity contribution in [3.05, 3.63) is 120 Å². The van der Waals surface area contributed by atoms with Gasteiger partial charge in [-0.05, 0) is 71.9 Å². The predicted molar refractivity (Wildman–Crippen MR) is 178 cm³/mol. The summed E-state index contributed by atoms with van der Waals surface area (Å²) < 4.78 is 80.7. The minimum atomic E-state index is -4.76. The molecule has 0 bridgehead atoms. The quantitative estimate of drug-likeness (QED) is 0.0769. The standard InChI is InChI=1S/C33H28F5N7O2S/c1-48(39,47)24-9-5-8-23(18-24)42-31-41-19-25(30(45-31)40-15-14-20-6-3-2-4-7-20)21-10-13-28(27(35)16-21)43-32(46)44-29-17-22(33(36,37)38)11-12-26(29)34/h2-13,16-19H,1,14-15H2,(H2,39,47)(H2,43,44,46)(H2,40,41,42,45). The number of nitrogens with two attached hydrogens (primary N) is 1. The maximum atomic E-state index is 15.3. The number of rotatable bonds is 10. The molecule has 0 radical (unpaired) electrons. The van der Waals surface area contributed by atoms with E-state index >= 15 is 4.39 Å². The van der Waals surface area contributed by atoms with E-state index in [9.17, 15) is 26.6 Å². The fraction of sp³-hybridized carbons (Fsp3) is 0.0909. The molecule has 4 aromatic carbocycles. The van der Waals surface area contributed by atoms with Crippen molar-refractivity contribution in [3.8, 4) is 11.1 Å². The van der Waals surface area contributed by atoms with Crippen molar-refractivity contribution in [1.29, 1.82) is 0 Å². The fourth-order valence-corrected chi connectivity index (χ4v) is 5.17. The van der Waals surface area contributed by atoms with Crippen LogP contribution in [0, 0.1) is 11.6 Å². The minimum Gasteiger partial charge on any atom is -0.369 e. The third kappa shape index (κ3) is 8.63. The van der Waals surface area contributed by atoms with Crippen LogP contribution in [0.1, 0.15) is 11.1 Å². The smallest absolute Gasteiger partial charge is 0.369 e. The zero-order chi connectivity index (χ0) is 34.5. The lowest BCUT2D eigenvalue weighted by Gasteiger charge is -2.15. The van der Waals surface area contributed by atoms with E-state index < -0.39 is 44.8 Å². The van der Waals surface area contributed by atoms with Crippen LogP contribution in [0.2, 0.25) is 0 Å². The summed E-state index contributed by atoms with van der Waals surface area (Å²) in [4.78, 5) is 21.7. The second kappa shape index (κ2) is 14.1. The fourth-order valence-electron chi connectivity index (χ4n) is 4.53. The lowest BCUT2D eigenvalue weighted by molar-refractivity contribution is -0.137. The Labute approximate surface area is 272 Å². The van der Waals surface area contributed by atoms with Gasteiger partial charge in [0.15, 0.2) is 0 Å². The molecule has 5 rings (SSSR count). The number of halogens is 5. The van der Waals surface area contributed by atoms with Gasteiger partial charge in [0, 0.05) is 28.9 Å². The molecular weight excluding hydrogens is 653 g/mol. The highest BCUT2D eigenvalue weighted by Gasteiger charge is 2.31. The zero-order valence-electron chi connectivity index (χ0n) is 24.9. The largest absolute Gasteiger partial charge is 0.416 e. The Balaban J connectivity index is 1.38. The van der Waals surface area contributed by atoms with Crippen LogP contribution >= 0.6 is 0 Å². The first kappa shape index (κ1) is 33.8. The Kier molecular flexibility index (Phi) is 9.91. The van der Waals surface area contributed by atoms with Crippen molar-refractivity contribution in [1.82, 2.24) is 9.97 Å². The molecule has 1 atom stereocenters. The third-order valence-corrected chi connectivity index (χ3v) is 7.95. The molecule has 0 saturated heterocycles. The molecule has 9 nitrogen and oxygen atoms in total. The van der Waals surface area contributed by atoms with Gasteiger partial charge in [0.2, 0.25) is 5.95 Å². The summed E-state index contributed by atoms with van der Waals surface area (Å²) in [5.74, 6) is 2.02. The van der Waals surface area contributed by atoms with Gasteiger partial charge in [-0.2, -0.15) is 18.2 Å². The predicted octanol–water partition coefficient (Wildman–Crippen LogP) is 7.43. The van der Waals surface area contributed by atoms with Crippen LogP contribution in [0.15, 0.2) is 102 Å². The molecule has 0 saturated carbocycles.